The molecule has 0 amide bonds. The fraction of sp³-hybridized carbons (Fsp3) is 0.458. The molecule has 1 heterocycles. The van der Waals surface area contributed by atoms with E-state index in [1.165, 1.54) is 12.1 Å². The molecular weight excluding hydrogens is 367 g/mol. The number of aromatic nitrogens is 1. The Hall–Kier alpha value is -2.08. The summed E-state index contributed by atoms with van der Waals surface area (Å²) in [4.78, 5) is 4.54. The summed E-state index contributed by atoms with van der Waals surface area (Å²) in [6, 6.07) is 10.7. The minimum Gasteiger partial charge on any atom is -0.359 e. The Bertz CT molecular complexity index is 839. The quantitative estimate of drug-likeness (QED) is 0.722. The highest BCUT2D eigenvalue weighted by atomic mass is 19.1. The molecule has 0 spiro atoms. The molecule has 4 nitrogen and oxygen atoms in total. The van der Waals surface area contributed by atoms with Gasteiger partial charge in [-0.25, -0.2) is 4.39 Å². The van der Waals surface area contributed by atoms with Gasteiger partial charge in [-0.2, -0.15) is 0 Å². The average Bonchev–Trinajstić information content (AvgIpc) is 3.05. The first-order chi connectivity index (χ1) is 14.1. The van der Waals surface area contributed by atoms with Crippen LogP contribution in [-0.4, -0.2) is 31.0 Å². The van der Waals surface area contributed by atoms with Gasteiger partial charge in [0.2, 0.25) is 0 Å². The van der Waals surface area contributed by atoms with Crippen LogP contribution < -0.4 is 5.73 Å². The van der Waals surface area contributed by atoms with Crippen LogP contribution in [-0.2, 0) is 9.47 Å². The first-order valence-electron chi connectivity index (χ1n) is 10.4. The number of pyridine rings is 1. The molecule has 2 saturated carbocycles. The molecule has 1 aromatic heterocycles. The Labute approximate surface area is 171 Å². The number of nitrogens with two attached hydrogens (primary N) is 1. The molecule has 2 N–H and O–H groups in total. The van der Waals surface area contributed by atoms with E-state index in [0.717, 1.165) is 42.5 Å². The van der Waals surface area contributed by atoms with Crippen LogP contribution in [0.2, 0.25) is 0 Å². The lowest BCUT2D eigenvalue weighted by molar-refractivity contribution is -0.0930. The Morgan fingerprint density at radius 3 is 2.83 bits per heavy atom. The minimum absolute atomic E-state index is 0.189. The molecule has 1 aromatic carbocycles. The molecule has 0 radical (unpaired) electrons. The zero-order valence-corrected chi connectivity index (χ0v) is 16.8. The van der Waals surface area contributed by atoms with Crippen molar-refractivity contribution in [3.05, 3.63) is 60.2 Å². The lowest BCUT2D eigenvalue weighted by Crippen LogP contribution is -2.30. The second-order valence-corrected chi connectivity index (χ2v) is 8.25. The summed E-state index contributed by atoms with van der Waals surface area (Å²) < 4.78 is 24.3. The minimum atomic E-state index is -0.237. The van der Waals surface area contributed by atoms with Crippen molar-refractivity contribution in [1.82, 2.24) is 4.98 Å². The van der Waals surface area contributed by atoms with Crippen LogP contribution in [0.15, 0.2) is 48.7 Å². The summed E-state index contributed by atoms with van der Waals surface area (Å²) in [5, 5.41) is 0. The van der Waals surface area contributed by atoms with E-state index < -0.39 is 0 Å². The largest absolute Gasteiger partial charge is 0.359 e. The highest BCUT2D eigenvalue weighted by Crippen LogP contribution is 2.46. The van der Waals surface area contributed by atoms with Crippen molar-refractivity contribution >= 4 is 6.08 Å². The molecule has 2 aliphatic rings. The predicted octanol–water partition coefficient (Wildman–Crippen LogP) is 4.65. The summed E-state index contributed by atoms with van der Waals surface area (Å²) in [5.74, 6) is 1.39. The maximum atomic E-state index is 13.4. The van der Waals surface area contributed by atoms with Crippen LogP contribution >= 0.6 is 0 Å². The van der Waals surface area contributed by atoms with Gasteiger partial charge in [-0.15, -0.1) is 0 Å². The van der Waals surface area contributed by atoms with Crippen LogP contribution in [0, 0.1) is 23.6 Å². The molecule has 5 heteroatoms. The predicted molar refractivity (Wildman–Crippen MR) is 112 cm³/mol. The second-order valence-electron chi connectivity index (χ2n) is 8.25. The number of fused-ring (bicyclic) bond motifs is 1. The standard InChI is InChI=1S/C24H29FN2O2/c1-28-15-29-21-8-10-22-18(12-21)13-24(26)23(22)9-7-20-6-5-17(14-27-20)16-3-2-4-19(25)11-16/h2-7,9,11,14,18,21-24H,8,10,12-13,15,26H2,1H3/b9-7+/t18-,21+,22+,23-,24+/m0/s1. The molecule has 0 unspecified atom stereocenters. The Kier molecular flexibility index (Phi) is 6.38. The number of methoxy groups -OCH3 is 1. The van der Waals surface area contributed by atoms with E-state index >= 15 is 0 Å². The van der Waals surface area contributed by atoms with Crippen LogP contribution in [0.3, 0.4) is 0 Å². The van der Waals surface area contributed by atoms with Gasteiger partial charge in [0.1, 0.15) is 12.6 Å². The van der Waals surface area contributed by atoms with Gasteiger partial charge in [0.15, 0.2) is 0 Å². The zero-order valence-electron chi connectivity index (χ0n) is 16.8. The first kappa shape index (κ1) is 20.2. The number of benzene rings is 1. The number of nitrogens with zero attached hydrogens (tertiary/aromatic N) is 1. The average molecular weight is 397 g/mol. The molecular formula is C24H29FN2O2. The van der Waals surface area contributed by atoms with E-state index in [9.17, 15) is 4.39 Å². The summed E-state index contributed by atoms with van der Waals surface area (Å²) >= 11 is 0. The van der Waals surface area contributed by atoms with E-state index in [2.05, 4.69) is 17.1 Å². The third-order valence-corrected chi connectivity index (χ3v) is 6.41. The maximum absolute atomic E-state index is 13.4. The number of rotatable bonds is 6. The molecule has 2 aromatic rings. The van der Waals surface area contributed by atoms with Gasteiger partial charge >= 0.3 is 0 Å². The van der Waals surface area contributed by atoms with E-state index in [4.69, 9.17) is 15.2 Å². The van der Waals surface area contributed by atoms with Crippen molar-refractivity contribution in [2.45, 2.75) is 37.8 Å². The molecule has 0 bridgehead atoms. The van der Waals surface area contributed by atoms with E-state index in [-0.39, 0.29) is 11.9 Å². The highest BCUT2D eigenvalue weighted by Gasteiger charge is 2.43. The first-order valence-corrected chi connectivity index (χ1v) is 10.4. The third kappa shape index (κ3) is 4.74. The van der Waals surface area contributed by atoms with Gasteiger partial charge in [0.25, 0.3) is 0 Å². The van der Waals surface area contributed by atoms with Crippen molar-refractivity contribution in [2.75, 3.05) is 13.9 Å². The SMILES string of the molecule is COCO[C@@H]1CC[C@@H]2[C@@H](C1)C[C@@H](N)[C@H]2/C=C/c1ccc(-c2cccc(F)c2)cn1. The van der Waals surface area contributed by atoms with Crippen LogP contribution in [0.5, 0.6) is 0 Å². The third-order valence-electron chi connectivity index (χ3n) is 6.41. The second kappa shape index (κ2) is 9.16. The summed E-state index contributed by atoms with van der Waals surface area (Å²) in [6.07, 6.45) is 10.8. The van der Waals surface area contributed by atoms with Crippen molar-refractivity contribution in [3.63, 3.8) is 0 Å². The lowest BCUT2D eigenvalue weighted by Gasteiger charge is -2.33. The molecule has 29 heavy (non-hydrogen) atoms. The number of ether oxygens (including phenoxy) is 2. The topological polar surface area (TPSA) is 57.4 Å². The maximum Gasteiger partial charge on any atom is 0.146 e. The van der Waals surface area contributed by atoms with E-state index in [1.807, 2.05) is 18.2 Å². The molecule has 0 saturated heterocycles. The molecule has 2 aliphatic carbocycles. The number of halogens is 1. The van der Waals surface area contributed by atoms with Crippen molar-refractivity contribution in [2.24, 2.45) is 23.5 Å². The summed E-state index contributed by atoms with van der Waals surface area (Å²) in [5.41, 5.74) is 9.14. The lowest BCUT2D eigenvalue weighted by atomic mass is 9.76. The molecule has 2 fully saturated rings. The van der Waals surface area contributed by atoms with Gasteiger partial charge < -0.3 is 15.2 Å². The normalized spacial score (nSPS) is 29.3. The Morgan fingerprint density at radius 2 is 2.07 bits per heavy atom. The smallest absolute Gasteiger partial charge is 0.146 e. The molecule has 0 aliphatic heterocycles. The number of hydrogen-bond donors (Lipinski definition) is 1. The van der Waals surface area contributed by atoms with Gasteiger partial charge in [-0.1, -0.05) is 24.3 Å². The van der Waals surface area contributed by atoms with Crippen LogP contribution in [0.1, 0.15) is 31.4 Å². The number of hydrogen-bond acceptors (Lipinski definition) is 4. The van der Waals surface area contributed by atoms with Crippen LogP contribution in [0.25, 0.3) is 17.2 Å². The summed E-state index contributed by atoms with van der Waals surface area (Å²) in [7, 11) is 1.66. The fourth-order valence-corrected chi connectivity index (χ4v) is 5.00. The fourth-order valence-electron chi connectivity index (χ4n) is 5.00. The zero-order chi connectivity index (χ0) is 20.2. The van der Waals surface area contributed by atoms with Gasteiger partial charge in [-0.05, 0) is 73.3 Å². The summed E-state index contributed by atoms with van der Waals surface area (Å²) in [6.45, 7) is 0.370. The van der Waals surface area contributed by atoms with Gasteiger partial charge in [0, 0.05) is 24.9 Å². The molecule has 4 rings (SSSR count). The monoisotopic (exact) mass is 396 g/mol. The van der Waals surface area contributed by atoms with Gasteiger partial charge in [-0.3, -0.25) is 4.98 Å². The highest BCUT2D eigenvalue weighted by molar-refractivity contribution is 5.63. The van der Waals surface area contributed by atoms with Crippen molar-refractivity contribution in [1.29, 1.82) is 0 Å². The van der Waals surface area contributed by atoms with Crippen molar-refractivity contribution in [3.8, 4) is 11.1 Å². The molecule has 5 atom stereocenters. The van der Waals surface area contributed by atoms with Gasteiger partial charge in [0.05, 0.1) is 11.8 Å². The molecule has 154 valence electrons. The Morgan fingerprint density at radius 1 is 1.17 bits per heavy atom. The van der Waals surface area contributed by atoms with Crippen LogP contribution in [0.4, 0.5) is 4.39 Å². The Balaban J connectivity index is 1.40. The van der Waals surface area contributed by atoms with Crippen molar-refractivity contribution < 1.29 is 13.9 Å². The van der Waals surface area contributed by atoms with E-state index in [1.54, 1.807) is 19.4 Å². The van der Waals surface area contributed by atoms with E-state index in [0.29, 0.717) is 30.7 Å².